The Morgan fingerprint density at radius 1 is 1.05 bits per heavy atom. The van der Waals surface area contributed by atoms with Crippen LogP contribution >= 0.6 is 15.9 Å². The van der Waals surface area contributed by atoms with Crippen LogP contribution in [0.3, 0.4) is 0 Å². The van der Waals surface area contributed by atoms with Gasteiger partial charge in [-0.1, -0.05) is 34.1 Å². The number of benzene rings is 2. The summed E-state index contributed by atoms with van der Waals surface area (Å²) >= 11 is 3.53. The molecule has 2 aliphatic heterocycles. The summed E-state index contributed by atoms with van der Waals surface area (Å²) in [5, 5.41) is 4.00. The summed E-state index contributed by atoms with van der Waals surface area (Å²) in [4.78, 5) is 39.3. The van der Waals surface area contributed by atoms with E-state index in [1.54, 1.807) is 6.07 Å². The minimum atomic E-state index is -0.109. The SMILES string of the molecule is Cn1cc(C(=O)c2cc(N3CCC(N4CCc5cc(Br)ccc5NC4=O)CC3)ncn2)c2ccccc21. The number of rotatable bonds is 4. The largest absolute Gasteiger partial charge is 0.356 e. The quantitative estimate of drug-likeness (QED) is 0.355. The van der Waals surface area contributed by atoms with Gasteiger partial charge in [0.1, 0.15) is 17.8 Å². The first-order valence-electron chi connectivity index (χ1n) is 12.5. The summed E-state index contributed by atoms with van der Waals surface area (Å²) in [5.74, 6) is 0.636. The molecule has 2 aliphatic rings. The van der Waals surface area contributed by atoms with Crippen LogP contribution in [0.4, 0.5) is 16.3 Å². The fourth-order valence-corrected chi connectivity index (χ4v) is 5.89. The number of nitrogens with one attached hydrogen (secondary N) is 1. The predicted octanol–water partition coefficient (Wildman–Crippen LogP) is 5.02. The lowest BCUT2D eigenvalue weighted by Crippen LogP contribution is -2.49. The molecule has 2 aromatic carbocycles. The summed E-state index contributed by atoms with van der Waals surface area (Å²) < 4.78 is 2.98. The van der Waals surface area contributed by atoms with Crippen molar-refractivity contribution in [3.05, 3.63) is 82.3 Å². The van der Waals surface area contributed by atoms with Crippen LogP contribution < -0.4 is 10.2 Å². The lowest BCUT2D eigenvalue weighted by Gasteiger charge is -2.38. The number of anilines is 2. The van der Waals surface area contributed by atoms with Crippen LogP contribution in [0, 0.1) is 0 Å². The number of aryl methyl sites for hydroxylation is 1. The number of nitrogens with zero attached hydrogens (tertiary/aromatic N) is 5. The van der Waals surface area contributed by atoms with E-state index < -0.39 is 0 Å². The highest BCUT2D eigenvalue weighted by Crippen LogP contribution is 2.28. The normalized spacial score (nSPS) is 16.4. The van der Waals surface area contributed by atoms with Crippen molar-refractivity contribution < 1.29 is 9.59 Å². The number of hydrogen-bond acceptors (Lipinski definition) is 5. The van der Waals surface area contributed by atoms with Gasteiger partial charge in [-0.15, -0.1) is 0 Å². The predicted molar refractivity (Wildman–Crippen MR) is 147 cm³/mol. The Morgan fingerprint density at radius 3 is 2.70 bits per heavy atom. The zero-order chi connectivity index (χ0) is 25.5. The molecule has 8 nitrogen and oxygen atoms in total. The third-order valence-corrected chi connectivity index (χ3v) is 7.94. The van der Waals surface area contributed by atoms with E-state index in [0.717, 1.165) is 64.8 Å². The van der Waals surface area contributed by atoms with E-state index in [0.29, 0.717) is 17.8 Å². The number of aromatic nitrogens is 3. The third kappa shape index (κ3) is 4.48. The van der Waals surface area contributed by atoms with E-state index >= 15 is 0 Å². The van der Waals surface area contributed by atoms with Gasteiger partial charge in [0.2, 0.25) is 5.78 Å². The molecule has 6 rings (SSSR count). The summed E-state index contributed by atoms with van der Waals surface area (Å²) in [6.07, 6.45) is 5.83. The van der Waals surface area contributed by atoms with Crippen molar-refractivity contribution in [2.75, 3.05) is 29.9 Å². The molecule has 0 radical (unpaired) electrons. The fourth-order valence-electron chi connectivity index (χ4n) is 5.48. The highest BCUT2D eigenvalue weighted by Gasteiger charge is 2.31. The monoisotopic (exact) mass is 558 g/mol. The van der Waals surface area contributed by atoms with E-state index in [4.69, 9.17) is 0 Å². The van der Waals surface area contributed by atoms with Gasteiger partial charge >= 0.3 is 6.03 Å². The van der Waals surface area contributed by atoms with Crippen molar-refractivity contribution in [3.63, 3.8) is 0 Å². The first kappa shape index (κ1) is 23.7. The summed E-state index contributed by atoms with van der Waals surface area (Å²) in [6, 6.07) is 15.8. The average Bonchev–Trinajstić information content (AvgIpc) is 3.17. The molecule has 0 spiro atoms. The van der Waals surface area contributed by atoms with Crippen molar-refractivity contribution in [1.29, 1.82) is 0 Å². The topological polar surface area (TPSA) is 83.4 Å². The molecular formula is C28H27BrN6O2. The minimum absolute atomic E-state index is 0.0375. The molecule has 0 atom stereocenters. The third-order valence-electron chi connectivity index (χ3n) is 7.45. The van der Waals surface area contributed by atoms with E-state index in [9.17, 15) is 9.59 Å². The van der Waals surface area contributed by atoms with Crippen LogP contribution in [-0.2, 0) is 13.5 Å². The minimum Gasteiger partial charge on any atom is -0.356 e. The average molecular weight is 559 g/mol. The summed E-state index contributed by atoms with van der Waals surface area (Å²) in [5.41, 5.74) is 4.07. The van der Waals surface area contributed by atoms with E-state index in [1.165, 1.54) is 6.33 Å². The summed E-state index contributed by atoms with van der Waals surface area (Å²) in [6.45, 7) is 2.20. The van der Waals surface area contributed by atoms with Crippen LogP contribution in [0.1, 0.15) is 34.5 Å². The number of ketones is 1. The number of para-hydroxylation sites is 1. The van der Waals surface area contributed by atoms with Crippen molar-refractivity contribution >= 4 is 50.2 Å². The fraction of sp³-hybridized carbons (Fsp3) is 0.286. The van der Waals surface area contributed by atoms with Crippen molar-refractivity contribution in [3.8, 4) is 0 Å². The van der Waals surface area contributed by atoms with Crippen LogP contribution in [0.15, 0.2) is 65.5 Å². The number of halogens is 1. The van der Waals surface area contributed by atoms with E-state index in [2.05, 4.69) is 42.2 Å². The number of piperidine rings is 1. The van der Waals surface area contributed by atoms with Crippen molar-refractivity contribution in [1.82, 2.24) is 19.4 Å². The number of hydrogen-bond donors (Lipinski definition) is 1. The molecule has 0 unspecified atom stereocenters. The molecule has 0 bridgehead atoms. The van der Waals surface area contributed by atoms with Crippen molar-refractivity contribution in [2.45, 2.75) is 25.3 Å². The van der Waals surface area contributed by atoms with Crippen LogP contribution in [-0.4, -0.2) is 56.9 Å². The molecule has 2 amide bonds. The van der Waals surface area contributed by atoms with Gasteiger partial charge in [-0.3, -0.25) is 4.79 Å². The van der Waals surface area contributed by atoms with Gasteiger partial charge in [0.05, 0.1) is 0 Å². The van der Waals surface area contributed by atoms with E-state index in [1.807, 2.05) is 59.1 Å². The first-order chi connectivity index (χ1) is 18.0. The Hall–Kier alpha value is -3.72. The summed E-state index contributed by atoms with van der Waals surface area (Å²) in [7, 11) is 1.94. The molecule has 1 fully saturated rings. The maximum Gasteiger partial charge on any atom is 0.322 e. The molecule has 188 valence electrons. The molecule has 2 aromatic heterocycles. The van der Waals surface area contributed by atoms with E-state index in [-0.39, 0.29) is 17.9 Å². The zero-order valence-electron chi connectivity index (χ0n) is 20.5. The van der Waals surface area contributed by atoms with Crippen LogP contribution in [0.2, 0.25) is 0 Å². The highest BCUT2D eigenvalue weighted by molar-refractivity contribution is 9.10. The molecule has 1 saturated heterocycles. The number of carbonyl (C=O) groups excluding carboxylic acids is 2. The number of amides is 2. The zero-order valence-corrected chi connectivity index (χ0v) is 22.1. The lowest BCUT2D eigenvalue weighted by atomic mass is 10.0. The van der Waals surface area contributed by atoms with Crippen LogP contribution in [0.25, 0.3) is 10.9 Å². The Balaban J connectivity index is 1.15. The second-order valence-electron chi connectivity index (χ2n) is 9.65. The molecule has 0 saturated carbocycles. The Bertz CT molecular complexity index is 1510. The molecule has 9 heteroatoms. The standard InChI is InChI=1S/C28H27BrN6O2/c1-33-16-22(21-4-2-3-5-25(21)33)27(36)24-15-26(31-17-30-24)34-11-9-20(10-12-34)35-13-8-18-14-19(29)6-7-23(18)32-28(35)37/h2-7,14-17,20H,8-13H2,1H3,(H,32,37). The first-order valence-corrected chi connectivity index (χ1v) is 13.3. The lowest BCUT2D eigenvalue weighted by molar-refractivity contribution is 0.103. The second-order valence-corrected chi connectivity index (χ2v) is 10.6. The highest BCUT2D eigenvalue weighted by atomic mass is 79.9. The maximum atomic E-state index is 13.4. The van der Waals surface area contributed by atoms with Gasteiger partial charge < -0.3 is 19.7 Å². The number of urea groups is 1. The van der Waals surface area contributed by atoms with Gasteiger partial charge in [0.25, 0.3) is 0 Å². The van der Waals surface area contributed by atoms with Gasteiger partial charge in [0, 0.05) is 71.6 Å². The van der Waals surface area contributed by atoms with Gasteiger partial charge in [-0.2, -0.15) is 0 Å². The Kier molecular flexibility index (Phi) is 6.16. The van der Waals surface area contributed by atoms with Gasteiger partial charge in [-0.25, -0.2) is 14.8 Å². The molecule has 4 heterocycles. The van der Waals surface area contributed by atoms with Crippen molar-refractivity contribution in [2.24, 2.45) is 7.05 Å². The molecular weight excluding hydrogens is 532 g/mol. The Labute approximate surface area is 223 Å². The molecule has 37 heavy (non-hydrogen) atoms. The maximum absolute atomic E-state index is 13.4. The van der Waals surface area contributed by atoms with Gasteiger partial charge in [-0.05, 0) is 49.1 Å². The smallest absolute Gasteiger partial charge is 0.322 e. The molecule has 1 N–H and O–H groups in total. The number of carbonyl (C=O) groups is 2. The second kappa shape index (κ2) is 9.63. The Morgan fingerprint density at radius 2 is 1.86 bits per heavy atom. The van der Waals surface area contributed by atoms with Gasteiger partial charge in [0.15, 0.2) is 0 Å². The molecule has 0 aliphatic carbocycles. The molecule has 4 aromatic rings. The number of fused-ring (bicyclic) bond motifs is 2. The van der Waals surface area contributed by atoms with Crippen LogP contribution in [0.5, 0.6) is 0 Å².